The highest BCUT2D eigenvalue weighted by atomic mass is 16.1. The van der Waals surface area contributed by atoms with Gasteiger partial charge < -0.3 is 0 Å². The van der Waals surface area contributed by atoms with Crippen LogP contribution < -0.4 is 0 Å². The van der Waals surface area contributed by atoms with E-state index in [0.717, 1.165) is 19.3 Å². The van der Waals surface area contributed by atoms with Gasteiger partial charge in [0.1, 0.15) is 0 Å². The number of carbonyl (C=O) groups excluding carboxylic acids is 1. The summed E-state index contributed by atoms with van der Waals surface area (Å²) in [5.41, 5.74) is 0. The Bertz CT molecular complexity index is 145. The van der Waals surface area contributed by atoms with E-state index in [9.17, 15) is 4.79 Å². The van der Waals surface area contributed by atoms with E-state index in [1.165, 1.54) is 0 Å². The summed E-state index contributed by atoms with van der Waals surface area (Å²) >= 11 is 0. The molecule has 0 aromatic rings. The van der Waals surface area contributed by atoms with E-state index in [0.29, 0.717) is 12.3 Å². The zero-order valence-electron chi connectivity index (χ0n) is 8.47. The number of hydrogen-bond acceptors (Lipinski definition) is 1. The van der Waals surface area contributed by atoms with Gasteiger partial charge in [-0.1, -0.05) is 33.3 Å². The summed E-state index contributed by atoms with van der Waals surface area (Å²) in [7, 11) is 0. The van der Waals surface area contributed by atoms with Gasteiger partial charge in [-0.3, -0.25) is 4.79 Å². The van der Waals surface area contributed by atoms with Crippen LogP contribution in [0, 0.1) is 5.92 Å². The third-order valence-corrected chi connectivity index (χ3v) is 1.69. The molecule has 0 fully saturated rings. The van der Waals surface area contributed by atoms with Crippen molar-refractivity contribution >= 4 is 5.78 Å². The Morgan fingerprint density at radius 3 is 2.58 bits per heavy atom. The minimum absolute atomic E-state index is 0.275. The standard InChI is InChI=1S/C11H20O/c1-4-5-8-11(12)9-6-7-10(2)3/h6,9-10H,4-5,7-8H2,1-3H3/b9-6+. The highest BCUT2D eigenvalue weighted by Gasteiger charge is 1.94. The molecule has 0 heterocycles. The molecule has 0 aliphatic rings. The fourth-order valence-electron chi connectivity index (χ4n) is 0.906. The lowest BCUT2D eigenvalue weighted by Crippen LogP contribution is -1.92. The van der Waals surface area contributed by atoms with E-state index in [2.05, 4.69) is 20.8 Å². The summed E-state index contributed by atoms with van der Waals surface area (Å²) in [6.45, 7) is 6.41. The highest BCUT2D eigenvalue weighted by molar-refractivity contribution is 5.89. The fourth-order valence-corrected chi connectivity index (χ4v) is 0.906. The van der Waals surface area contributed by atoms with Crippen molar-refractivity contribution in [1.82, 2.24) is 0 Å². The minimum atomic E-state index is 0.275. The summed E-state index contributed by atoms with van der Waals surface area (Å²) in [5, 5.41) is 0. The van der Waals surface area contributed by atoms with Crippen LogP contribution in [0.25, 0.3) is 0 Å². The molecule has 0 aliphatic carbocycles. The van der Waals surface area contributed by atoms with Crippen LogP contribution >= 0.6 is 0 Å². The number of carbonyl (C=O) groups is 1. The second-order valence-electron chi connectivity index (χ2n) is 3.60. The monoisotopic (exact) mass is 168 g/mol. The minimum Gasteiger partial charge on any atom is -0.295 e. The van der Waals surface area contributed by atoms with Gasteiger partial charge in [-0.05, 0) is 24.8 Å². The average molecular weight is 168 g/mol. The van der Waals surface area contributed by atoms with Crippen LogP contribution in [-0.4, -0.2) is 5.78 Å². The maximum Gasteiger partial charge on any atom is 0.155 e. The largest absolute Gasteiger partial charge is 0.295 e. The maximum absolute atomic E-state index is 11.1. The van der Waals surface area contributed by atoms with Gasteiger partial charge in [0.15, 0.2) is 5.78 Å². The number of rotatable bonds is 6. The molecule has 0 aromatic carbocycles. The summed E-state index contributed by atoms with van der Waals surface area (Å²) < 4.78 is 0. The third kappa shape index (κ3) is 7.52. The Labute approximate surface area is 75.9 Å². The van der Waals surface area contributed by atoms with Crippen molar-refractivity contribution in [2.24, 2.45) is 5.92 Å². The lowest BCUT2D eigenvalue weighted by molar-refractivity contribution is -0.114. The quantitative estimate of drug-likeness (QED) is 0.556. The van der Waals surface area contributed by atoms with E-state index in [4.69, 9.17) is 0 Å². The summed E-state index contributed by atoms with van der Waals surface area (Å²) in [4.78, 5) is 11.1. The second kappa shape index (κ2) is 7.08. The Kier molecular flexibility index (Phi) is 6.73. The van der Waals surface area contributed by atoms with Gasteiger partial charge in [-0.15, -0.1) is 0 Å². The predicted octanol–water partition coefficient (Wildman–Crippen LogP) is 3.35. The first-order chi connectivity index (χ1) is 5.66. The van der Waals surface area contributed by atoms with E-state index in [1.54, 1.807) is 6.08 Å². The van der Waals surface area contributed by atoms with Crippen molar-refractivity contribution in [2.45, 2.75) is 46.5 Å². The number of ketones is 1. The molecule has 0 radical (unpaired) electrons. The molecule has 0 N–H and O–H groups in total. The topological polar surface area (TPSA) is 17.1 Å². The molecule has 0 unspecified atom stereocenters. The Morgan fingerprint density at radius 2 is 2.08 bits per heavy atom. The summed E-state index contributed by atoms with van der Waals surface area (Å²) in [5.74, 6) is 0.928. The molecule has 0 spiro atoms. The molecule has 0 saturated carbocycles. The second-order valence-corrected chi connectivity index (χ2v) is 3.60. The molecule has 0 atom stereocenters. The first-order valence-corrected chi connectivity index (χ1v) is 4.86. The van der Waals surface area contributed by atoms with Gasteiger partial charge in [0.2, 0.25) is 0 Å². The van der Waals surface area contributed by atoms with Crippen molar-refractivity contribution in [1.29, 1.82) is 0 Å². The molecule has 0 rings (SSSR count). The third-order valence-electron chi connectivity index (χ3n) is 1.69. The van der Waals surface area contributed by atoms with Gasteiger partial charge in [0.25, 0.3) is 0 Å². The lowest BCUT2D eigenvalue weighted by Gasteiger charge is -1.96. The zero-order valence-corrected chi connectivity index (χ0v) is 8.47. The van der Waals surface area contributed by atoms with Crippen LogP contribution in [0.15, 0.2) is 12.2 Å². The van der Waals surface area contributed by atoms with Gasteiger partial charge >= 0.3 is 0 Å². The number of allylic oxidation sites excluding steroid dienone is 2. The van der Waals surface area contributed by atoms with E-state index in [1.807, 2.05) is 6.08 Å². The molecular formula is C11H20O. The summed E-state index contributed by atoms with van der Waals surface area (Å²) in [6.07, 6.45) is 7.57. The first-order valence-electron chi connectivity index (χ1n) is 4.86. The van der Waals surface area contributed by atoms with Crippen molar-refractivity contribution in [3.63, 3.8) is 0 Å². The smallest absolute Gasteiger partial charge is 0.155 e. The Balaban J connectivity index is 3.47. The molecule has 0 saturated heterocycles. The average Bonchev–Trinajstić information content (AvgIpc) is 2.00. The maximum atomic E-state index is 11.1. The number of unbranched alkanes of at least 4 members (excludes halogenated alkanes) is 1. The molecule has 0 amide bonds. The normalized spacial score (nSPS) is 11.3. The van der Waals surface area contributed by atoms with Gasteiger partial charge in [-0.25, -0.2) is 0 Å². The molecule has 1 nitrogen and oxygen atoms in total. The fraction of sp³-hybridized carbons (Fsp3) is 0.727. The Hall–Kier alpha value is -0.590. The SMILES string of the molecule is CCCCC(=O)/C=C/CC(C)C. The van der Waals surface area contributed by atoms with Gasteiger partial charge in [0, 0.05) is 6.42 Å². The predicted molar refractivity (Wildman–Crippen MR) is 53.1 cm³/mol. The van der Waals surface area contributed by atoms with E-state index in [-0.39, 0.29) is 5.78 Å². The van der Waals surface area contributed by atoms with Crippen molar-refractivity contribution in [2.75, 3.05) is 0 Å². The van der Waals surface area contributed by atoms with E-state index >= 15 is 0 Å². The van der Waals surface area contributed by atoms with Gasteiger partial charge in [-0.2, -0.15) is 0 Å². The van der Waals surface area contributed by atoms with Crippen LogP contribution in [0.4, 0.5) is 0 Å². The lowest BCUT2D eigenvalue weighted by atomic mass is 10.1. The van der Waals surface area contributed by atoms with Crippen LogP contribution in [0.2, 0.25) is 0 Å². The molecule has 12 heavy (non-hydrogen) atoms. The van der Waals surface area contributed by atoms with Crippen molar-refractivity contribution < 1.29 is 4.79 Å². The summed E-state index contributed by atoms with van der Waals surface area (Å²) in [6, 6.07) is 0. The van der Waals surface area contributed by atoms with E-state index < -0.39 is 0 Å². The van der Waals surface area contributed by atoms with Crippen LogP contribution in [0.3, 0.4) is 0 Å². The number of hydrogen-bond donors (Lipinski definition) is 0. The zero-order chi connectivity index (χ0) is 9.40. The molecule has 0 aliphatic heterocycles. The van der Waals surface area contributed by atoms with Crippen molar-refractivity contribution in [3.05, 3.63) is 12.2 Å². The Morgan fingerprint density at radius 1 is 1.42 bits per heavy atom. The molecule has 1 heteroatoms. The molecule has 0 bridgehead atoms. The van der Waals surface area contributed by atoms with Crippen LogP contribution in [-0.2, 0) is 4.79 Å². The first kappa shape index (κ1) is 11.4. The van der Waals surface area contributed by atoms with Gasteiger partial charge in [0.05, 0.1) is 0 Å². The molecular weight excluding hydrogens is 148 g/mol. The van der Waals surface area contributed by atoms with Crippen LogP contribution in [0.1, 0.15) is 46.5 Å². The molecule has 70 valence electrons. The van der Waals surface area contributed by atoms with Crippen LogP contribution in [0.5, 0.6) is 0 Å². The molecule has 0 aromatic heterocycles. The highest BCUT2D eigenvalue weighted by Crippen LogP contribution is 2.01. The van der Waals surface area contributed by atoms with Crippen molar-refractivity contribution in [3.8, 4) is 0 Å².